The summed E-state index contributed by atoms with van der Waals surface area (Å²) in [7, 11) is 0.640. The van der Waals surface area contributed by atoms with Crippen molar-refractivity contribution in [2.45, 2.75) is 38.8 Å². The number of rotatable bonds is 8. The van der Waals surface area contributed by atoms with Crippen LogP contribution in [0, 0.1) is 0 Å². The Morgan fingerprint density at radius 1 is 0.786 bits per heavy atom. The third-order valence-corrected chi connectivity index (χ3v) is 6.32. The molecule has 2 N–H and O–H groups in total. The fraction of sp³-hybridized carbons (Fsp3) is 0.280. The maximum absolute atomic E-state index is 10.6. The molecule has 0 saturated carbocycles. The van der Waals surface area contributed by atoms with Gasteiger partial charge in [-0.2, -0.15) is 0 Å². The minimum atomic E-state index is -0.497. The molecule has 0 bridgehead atoms. The van der Waals surface area contributed by atoms with Gasteiger partial charge >= 0.3 is 0 Å². The quantitative estimate of drug-likeness (QED) is 0.501. The Labute approximate surface area is 170 Å². The lowest BCUT2D eigenvalue weighted by atomic mass is 9.93. The Hall–Kier alpha value is -1.99. The number of benzene rings is 3. The second-order valence-electron chi connectivity index (χ2n) is 7.49. The molecule has 0 fully saturated rings. The minimum absolute atomic E-state index is 0.00464. The number of aliphatic hydroxyl groups is 1. The molecule has 0 spiro atoms. The maximum Gasteiger partial charge on any atom is 0.0940 e. The van der Waals surface area contributed by atoms with Crippen LogP contribution in [0.5, 0.6) is 0 Å². The second kappa shape index (κ2) is 9.98. The van der Waals surface area contributed by atoms with E-state index in [0.29, 0.717) is 14.5 Å². The Morgan fingerprint density at radius 2 is 1.39 bits per heavy atom. The molecule has 0 saturated heterocycles. The molecule has 1 unspecified atom stereocenters. The molecule has 3 atom stereocenters. The summed E-state index contributed by atoms with van der Waals surface area (Å²) in [4.78, 5) is 0. The van der Waals surface area contributed by atoms with Crippen LogP contribution in [-0.4, -0.2) is 17.4 Å². The van der Waals surface area contributed by atoms with Crippen LogP contribution in [0.3, 0.4) is 0 Å². The van der Waals surface area contributed by atoms with E-state index in [2.05, 4.69) is 67.7 Å². The summed E-state index contributed by atoms with van der Waals surface area (Å²) in [6.45, 7) is 6.54. The van der Waals surface area contributed by atoms with Crippen LogP contribution in [0.2, 0.25) is 0 Å². The predicted octanol–water partition coefficient (Wildman–Crippen LogP) is 5.45. The second-order valence-corrected chi connectivity index (χ2v) is 8.74. The third kappa shape index (κ3) is 5.08. The van der Waals surface area contributed by atoms with Crippen molar-refractivity contribution in [1.82, 2.24) is 5.32 Å². The summed E-state index contributed by atoms with van der Waals surface area (Å²) in [5.74, 6) is 0.492. The van der Waals surface area contributed by atoms with Gasteiger partial charge < -0.3 is 10.4 Å². The molecule has 0 aromatic heterocycles. The molecule has 3 rings (SSSR count). The molecule has 0 aliphatic carbocycles. The Morgan fingerprint density at radius 3 is 2.11 bits per heavy atom. The van der Waals surface area contributed by atoms with Crippen molar-refractivity contribution in [3.05, 3.63) is 90.0 Å². The largest absolute Gasteiger partial charge is 0.387 e. The van der Waals surface area contributed by atoms with Gasteiger partial charge in [0.05, 0.1) is 6.10 Å². The van der Waals surface area contributed by atoms with E-state index >= 15 is 0 Å². The van der Waals surface area contributed by atoms with Crippen molar-refractivity contribution in [3.63, 3.8) is 0 Å². The lowest BCUT2D eigenvalue weighted by molar-refractivity contribution is 0.139. The molecule has 3 aromatic rings. The van der Waals surface area contributed by atoms with E-state index in [1.165, 1.54) is 22.0 Å². The van der Waals surface area contributed by atoms with Crippen LogP contribution in [0.1, 0.15) is 43.9 Å². The van der Waals surface area contributed by atoms with Crippen molar-refractivity contribution in [3.8, 4) is 11.1 Å². The lowest BCUT2D eigenvalue weighted by Crippen LogP contribution is -2.32. The highest BCUT2D eigenvalue weighted by Crippen LogP contribution is 2.30. The summed E-state index contributed by atoms with van der Waals surface area (Å²) in [5, 5.41) is 15.4. The molecule has 3 aromatic carbocycles. The van der Waals surface area contributed by atoms with E-state index in [0.717, 1.165) is 11.8 Å². The van der Waals surface area contributed by atoms with Gasteiger partial charge in [-0.25, -0.2) is 0 Å². The highest BCUT2D eigenvalue weighted by atomic mass is 31.1. The Balaban J connectivity index is 1.70. The molecule has 0 aliphatic rings. The minimum Gasteiger partial charge on any atom is -0.387 e. The van der Waals surface area contributed by atoms with Gasteiger partial charge in [-0.15, -0.1) is 0 Å². The maximum atomic E-state index is 10.6. The lowest BCUT2D eigenvalue weighted by Gasteiger charge is -2.21. The highest BCUT2D eigenvalue weighted by Gasteiger charge is 2.16. The van der Waals surface area contributed by atoms with Crippen LogP contribution in [0.4, 0.5) is 0 Å². The van der Waals surface area contributed by atoms with Gasteiger partial charge in [0.25, 0.3) is 0 Å². The van der Waals surface area contributed by atoms with E-state index in [1.807, 2.05) is 37.3 Å². The van der Waals surface area contributed by atoms with Gasteiger partial charge in [-0.3, -0.25) is 0 Å². The first-order chi connectivity index (χ1) is 13.6. The van der Waals surface area contributed by atoms with Crippen molar-refractivity contribution < 1.29 is 5.11 Å². The molecule has 146 valence electrons. The fourth-order valence-electron chi connectivity index (χ4n) is 3.48. The van der Waals surface area contributed by atoms with Gasteiger partial charge in [0, 0.05) is 12.3 Å². The molecule has 0 amide bonds. The average molecular weight is 391 g/mol. The van der Waals surface area contributed by atoms with E-state index in [4.69, 9.17) is 0 Å². The van der Waals surface area contributed by atoms with Gasteiger partial charge in [-0.05, 0) is 40.4 Å². The topological polar surface area (TPSA) is 32.3 Å². The molecule has 3 heteroatoms. The molecule has 0 aliphatic heterocycles. The van der Waals surface area contributed by atoms with Crippen LogP contribution < -0.4 is 10.6 Å². The predicted molar refractivity (Wildman–Crippen MR) is 123 cm³/mol. The van der Waals surface area contributed by atoms with Gasteiger partial charge in [0.2, 0.25) is 0 Å². The standard InChI is InChI=1S/C25H30NOP/c1-18(2)21-13-7-8-14-22(21)23-15-9-10-16-24(23)28-17-26-19(3)25(27)20-11-5-4-6-12-20/h4-16,18-19,25-28H,17H2,1-3H3/t19-,25-/m0/s1. The van der Waals surface area contributed by atoms with E-state index in [1.54, 1.807) is 0 Å². The number of hydrogen-bond donors (Lipinski definition) is 2. The average Bonchev–Trinajstić information content (AvgIpc) is 2.74. The molecule has 0 radical (unpaired) electrons. The van der Waals surface area contributed by atoms with Crippen LogP contribution in [0.15, 0.2) is 78.9 Å². The zero-order valence-electron chi connectivity index (χ0n) is 16.9. The van der Waals surface area contributed by atoms with Crippen LogP contribution >= 0.6 is 8.58 Å². The smallest absolute Gasteiger partial charge is 0.0940 e. The molecule has 0 heterocycles. The highest BCUT2D eigenvalue weighted by molar-refractivity contribution is 7.47. The Kier molecular flexibility index (Phi) is 7.39. The van der Waals surface area contributed by atoms with Crippen molar-refractivity contribution in [1.29, 1.82) is 0 Å². The van der Waals surface area contributed by atoms with Gasteiger partial charge in [-0.1, -0.05) is 101 Å². The zero-order valence-corrected chi connectivity index (χ0v) is 17.9. The Bertz CT molecular complexity index is 878. The first kappa shape index (κ1) is 20.7. The first-order valence-corrected chi connectivity index (χ1v) is 11.2. The number of aliphatic hydroxyl groups excluding tert-OH is 1. The normalized spacial score (nSPS) is 13.9. The summed E-state index contributed by atoms with van der Waals surface area (Å²) >= 11 is 0. The van der Waals surface area contributed by atoms with Crippen LogP contribution in [0.25, 0.3) is 11.1 Å². The third-order valence-electron chi connectivity index (χ3n) is 5.12. The van der Waals surface area contributed by atoms with Gasteiger partial charge in [0.15, 0.2) is 0 Å². The monoisotopic (exact) mass is 391 g/mol. The summed E-state index contributed by atoms with van der Waals surface area (Å²) in [6, 6.07) is 27.3. The molecular formula is C25H30NOP. The van der Waals surface area contributed by atoms with E-state index < -0.39 is 6.10 Å². The fourth-order valence-corrected chi connectivity index (χ4v) is 4.71. The SMILES string of the molecule is CC(C)c1ccccc1-c1ccccc1PCN[C@@H](C)[C@H](O)c1ccccc1. The summed E-state index contributed by atoms with van der Waals surface area (Å²) in [6.07, 6.45) is 0.356. The number of hydrogen-bond acceptors (Lipinski definition) is 2. The van der Waals surface area contributed by atoms with Crippen molar-refractivity contribution in [2.75, 3.05) is 6.29 Å². The molecule has 2 nitrogen and oxygen atoms in total. The van der Waals surface area contributed by atoms with Crippen LogP contribution in [-0.2, 0) is 0 Å². The van der Waals surface area contributed by atoms with E-state index in [9.17, 15) is 5.11 Å². The van der Waals surface area contributed by atoms with Gasteiger partial charge in [0.1, 0.15) is 0 Å². The van der Waals surface area contributed by atoms with E-state index in [-0.39, 0.29) is 6.04 Å². The summed E-state index contributed by atoms with van der Waals surface area (Å²) in [5.41, 5.74) is 5.00. The van der Waals surface area contributed by atoms with Crippen molar-refractivity contribution in [2.24, 2.45) is 0 Å². The number of nitrogens with one attached hydrogen (secondary N) is 1. The summed E-state index contributed by atoms with van der Waals surface area (Å²) < 4.78 is 0. The zero-order chi connectivity index (χ0) is 19.9. The first-order valence-electron chi connectivity index (χ1n) is 9.96. The molecule has 28 heavy (non-hydrogen) atoms. The molecular weight excluding hydrogens is 361 g/mol. The van der Waals surface area contributed by atoms with Crippen molar-refractivity contribution >= 4 is 13.9 Å².